The first-order chi connectivity index (χ1) is 10.1. The number of likely N-dealkylation sites (tertiary alicyclic amines) is 1. The molecule has 0 N–H and O–H groups in total. The number of aromatic nitrogens is 1. The fourth-order valence-corrected chi connectivity index (χ4v) is 3.96. The van der Waals surface area contributed by atoms with E-state index in [0.717, 1.165) is 34.7 Å². The van der Waals surface area contributed by atoms with Crippen LogP contribution in [0.1, 0.15) is 19.3 Å². The molecule has 5 heteroatoms. The van der Waals surface area contributed by atoms with Gasteiger partial charge < -0.3 is 14.2 Å². The second-order valence-corrected chi connectivity index (χ2v) is 7.50. The lowest BCUT2D eigenvalue weighted by molar-refractivity contribution is 0.141. The number of hydrogen-bond acceptors (Lipinski definition) is 4. The summed E-state index contributed by atoms with van der Waals surface area (Å²) in [5.41, 5.74) is 2.29. The molecular weight excluding hydrogens is 330 g/mol. The average Bonchev–Trinajstić information content (AvgIpc) is 3.06. The molecule has 2 aromatic rings. The van der Waals surface area contributed by atoms with Crippen LogP contribution in [0, 0.1) is 5.41 Å². The van der Waals surface area contributed by atoms with Gasteiger partial charge in [-0.3, -0.25) is 0 Å². The van der Waals surface area contributed by atoms with Gasteiger partial charge in [-0.15, -0.1) is 0 Å². The van der Waals surface area contributed by atoms with E-state index in [1.54, 1.807) is 0 Å². The summed E-state index contributed by atoms with van der Waals surface area (Å²) in [6.45, 7) is 4.59. The van der Waals surface area contributed by atoms with Crippen molar-refractivity contribution in [2.45, 2.75) is 19.3 Å². The summed E-state index contributed by atoms with van der Waals surface area (Å²) < 4.78 is 7.00. The number of benzene rings is 1. The van der Waals surface area contributed by atoms with E-state index in [2.05, 4.69) is 37.8 Å². The maximum atomic E-state index is 5.96. The molecule has 3 heterocycles. The second kappa shape index (κ2) is 4.99. The van der Waals surface area contributed by atoms with Gasteiger partial charge in [-0.1, -0.05) is 15.9 Å². The molecule has 2 fully saturated rings. The highest BCUT2D eigenvalue weighted by Crippen LogP contribution is 2.41. The fourth-order valence-electron chi connectivity index (χ4n) is 3.62. The molecule has 0 aliphatic carbocycles. The van der Waals surface area contributed by atoms with Gasteiger partial charge in [0.15, 0.2) is 5.58 Å². The molecule has 0 bridgehead atoms. The van der Waals surface area contributed by atoms with E-state index >= 15 is 0 Å². The van der Waals surface area contributed by atoms with E-state index in [4.69, 9.17) is 4.42 Å². The number of piperidine rings is 1. The zero-order chi connectivity index (χ0) is 14.4. The Kier molecular flexibility index (Phi) is 3.23. The molecule has 0 radical (unpaired) electrons. The molecule has 2 saturated heterocycles. The second-order valence-electron chi connectivity index (χ2n) is 6.58. The molecule has 2 aliphatic rings. The van der Waals surface area contributed by atoms with Crippen LogP contribution < -0.4 is 4.90 Å². The Labute approximate surface area is 133 Å². The summed E-state index contributed by atoms with van der Waals surface area (Å²) in [7, 11) is 2.22. The van der Waals surface area contributed by atoms with Crippen LogP contribution in [0.25, 0.3) is 11.1 Å². The third-order valence-electron chi connectivity index (χ3n) is 5.10. The lowest BCUT2D eigenvalue weighted by atomic mass is 9.78. The molecule has 4 nitrogen and oxygen atoms in total. The Bertz CT molecular complexity index is 661. The number of anilines is 1. The van der Waals surface area contributed by atoms with Crippen molar-refractivity contribution >= 4 is 33.0 Å². The summed E-state index contributed by atoms with van der Waals surface area (Å²) in [5, 5.41) is 0. The van der Waals surface area contributed by atoms with Gasteiger partial charge in [0.25, 0.3) is 6.01 Å². The molecular formula is C16H20BrN3O. The van der Waals surface area contributed by atoms with Gasteiger partial charge in [0, 0.05) is 17.6 Å². The largest absolute Gasteiger partial charge is 0.423 e. The Morgan fingerprint density at radius 3 is 2.76 bits per heavy atom. The van der Waals surface area contributed by atoms with E-state index in [9.17, 15) is 0 Å². The van der Waals surface area contributed by atoms with Crippen molar-refractivity contribution in [2.24, 2.45) is 5.41 Å². The summed E-state index contributed by atoms with van der Waals surface area (Å²) in [6, 6.07) is 6.80. The van der Waals surface area contributed by atoms with Crippen molar-refractivity contribution in [3.05, 3.63) is 22.7 Å². The van der Waals surface area contributed by atoms with Crippen LogP contribution in [0.15, 0.2) is 27.1 Å². The molecule has 0 saturated carbocycles. The maximum absolute atomic E-state index is 5.96. The van der Waals surface area contributed by atoms with Crippen molar-refractivity contribution in [1.29, 1.82) is 0 Å². The molecule has 2 aliphatic heterocycles. The summed E-state index contributed by atoms with van der Waals surface area (Å²) in [5.74, 6) is 0. The molecule has 1 spiro atoms. The predicted molar refractivity (Wildman–Crippen MR) is 87.7 cm³/mol. The van der Waals surface area contributed by atoms with E-state index in [1.807, 2.05) is 18.2 Å². The van der Waals surface area contributed by atoms with Gasteiger partial charge in [-0.2, -0.15) is 4.98 Å². The molecule has 0 unspecified atom stereocenters. The minimum Gasteiger partial charge on any atom is -0.423 e. The lowest BCUT2D eigenvalue weighted by Gasteiger charge is -2.37. The Balaban J connectivity index is 1.56. The predicted octanol–water partition coefficient (Wildman–Crippen LogP) is 3.51. The minimum absolute atomic E-state index is 0.480. The zero-order valence-corrected chi connectivity index (χ0v) is 13.9. The average molecular weight is 350 g/mol. The Morgan fingerprint density at radius 1 is 1.19 bits per heavy atom. The highest BCUT2D eigenvalue weighted by molar-refractivity contribution is 9.10. The van der Waals surface area contributed by atoms with Crippen LogP contribution in [-0.4, -0.2) is 43.1 Å². The van der Waals surface area contributed by atoms with E-state index in [0.29, 0.717) is 5.41 Å². The number of halogens is 1. The standard InChI is InChI=1S/C16H20BrN3O/c1-19-7-4-16(5-8-19)6-9-20(11-16)15-18-13-3-2-12(17)10-14(13)21-15/h2-3,10H,4-9,11H2,1H3. The maximum Gasteiger partial charge on any atom is 0.298 e. The summed E-state index contributed by atoms with van der Waals surface area (Å²) >= 11 is 3.48. The number of nitrogens with zero attached hydrogens (tertiary/aromatic N) is 3. The van der Waals surface area contributed by atoms with Crippen molar-refractivity contribution in [3.63, 3.8) is 0 Å². The third kappa shape index (κ3) is 2.46. The minimum atomic E-state index is 0.480. The lowest BCUT2D eigenvalue weighted by Crippen LogP contribution is -2.39. The van der Waals surface area contributed by atoms with E-state index < -0.39 is 0 Å². The van der Waals surface area contributed by atoms with Crippen LogP contribution in [0.5, 0.6) is 0 Å². The molecule has 0 atom stereocenters. The SMILES string of the molecule is CN1CCC2(CC1)CCN(c1nc3ccc(Br)cc3o1)C2. The molecule has 0 amide bonds. The van der Waals surface area contributed by atoms with Crippen LogP contribution in [0.3, 0.4) is 0 Å². The molecule has 21 heavy (non-hydrogen) atoms. The van der Waals surface area contributed by atoms with Crippen LogP contribution in [0.4, 0.5) is 6.01 Å². The van der Waals surface area contributed by atoms with Crippen LogP contribution in [0.2, 0.25) is 0 Å². The Morgan fingerprint density at radius 2 is 1.95 bits per heavy atom. The van der Waals surface area contributed by atoms with Gasteiger partial charge in [-0.05, 0) is 63.0 Å². The van der Waals surface area contributed by atoms with Gasteiger partial charge in [0.1, 0.15) is 5.52 Å². The molecule has 4 rings (SSSR count). The quantitative estimate of drug-likeness (QED) is 0.788. The van der Waals surface area contributed by atoms with Crippen molar-refractivity contribution in [3.8, 4) is 0 Å². The fraction of sp³-hybridized carbons (Fsp3) is 0.562. The molecule has 1 aromatic heterocycles. The van der Waals surface area contributed by atoms with Gasteiger partial charge in [-0.25, -0.2) is 0 Å². The summed E-state index contributed by atoms with van der Waals surface area (Å²) in [4.78, 5) is 9.42. The number of rotatable bonds is 1. The number of oxazole rings is 1. The third-order valence-corrected chi connectivity index (χ3v) is 5.59. The highest BCUT2D eigenvalue weighted by Gasteiger charge is 2.41. The van der Waals surface area contributed by atoms with Crippen LogP contribution >= 0.6 is 15.9 Å². The zero-order valence-electron chi connectivity index (χ0n) is 12.3. The van der Waals surface area contributed by atoms with Crippen molar-refractivity contribution in [1.82, 2.24) is 9.88 Å². The van der Waals surface area contributed by atoms with Crippen molar-refractivity contribution in [2.75, 3.05) is 38.1 Å². The van der Waals surface area contributed by atoms with Gasteiger partial charge in [0.2, 0.25) is 0 Å². The molecule has 1 aromatic carbocycles. The monoisotopic (exact) mass is 349 g/mol. The number of fused-ring (bicyclic) bond motifs is 1. The molecule has 112 valence electrons. The first kappa shape index (κ1) is 13.6. The summed E-state index contributed by atoms with van der Waals surface area (Å²) in [6.07, 6.45) is 3.86. The Hall–Kier alpha value is -1.07. The smallest absolute Gasteiger partial charge is 0.298 e. The first-order valence-electron chi connectivity index (χ1n) is 7.63. The normalized spacial score (nSPS) is 22.5. The topological polar surface area (TPSA) is 32.5 Å². The number of hydrogen-bond donors (Lipinski definition) is 0. The van der Waals surface area contributed by atoms with Crippen LogP contribution in [-0.2, 0) is 0 Å². The highest BCUT2D eigenvalue weighted by atomic mass is 79.9. The van der Waals surface area contributed by atoms with Gasteiger partial charge in [0.05, 0.1) is 0 Å². The first-order valence-corrected chi connectivity index (χ1v) is 8.43. The van der Waals surface area contributed by atoms with E-state index in [1.165, 1.54) is 32.4 Å². The van der Waals surface area contributed by atoms with Gasteiger partial charge >= 0.3 is 0 Å². The van der Waals surface area contributed by atoms with Crippen molar-refractivity contribution < 1.29 is 4.42 Å². The van der Waals surface area contributed by atoms with E-state index in [-0.39, 0.29) is 0 Å².